The van der Waals surface area contributed by atoms with E-state index in [4.69, 9.17) is 0 Å². The first-order chi connectivity index (χ1) is 33.9. The van der Waals surface area contributed by atoms with Crippen molar-refractivity contribution in [3.8, 4) is 45.0 Å². The van der Waals surface area contributed by atoms with Crippen LogP contribution in [0.3, 0.4) is 0 Å². The van der Waals surface area contributed by atoms with Crippen molar-refractivity contribution in [1.82, 2.24) is 19.1 Å². The molecule has 8 aromatic carbocycles. The minimum atomic E-state index is -0.127. The van der Waals surface area contributed by atoms with Gasteiger partial charge in [-0.2, -0.15) is 0 Å². The van der Waals surface area contributed by atoms with E-state index < -0.39 is 0 Å². The van der Waals surface area contributed by atoms with Crippen molar-refractivity contribution < 1.29 is 0 Å². The van der Waals surface area contributed by atoms with Crippen LogP contribution in [-0.2, 0) is 5.41 Å². The Hall–Kier alpha value is -8.86. The van der Waals surface area contributed by atoms with Crippen LogP contribution in [0.4, 0.5) is 0 Å². The SMILES string of the molecule is CC1(C)c2cc(C=Cc3ccc(-c4ccc5c(c4)c4ccccc4n5-c4ccccn4)cc3)ccc2-c2ccc(C=Cc3ccc(-c4ccc5c(c4)c4ccccc4n5-c4ccccn4)cc3)cc21. The van der Waals surface area contributed by atoms with Gasteiger partial charge >= 0.3 is 0 Å². The summed E-state index contributed by atoms with van der Waals surface area (Å²) >= 11 is 0. The quantitative estimate of drug-likeness (QED) is 0.143. The third kappa shape index (κ3) is 6.91. The Bertz CT molecular complexity index is 3740. The van der Waals surface area contributed by atoms with Gasteiger partial charge in [-0.1, -0.05) is 184 Å². The van der Waals surface area contributed by atoms with E-state index in [2.05, 4.69) is 239 Å². The van der Waals surface area contributed by atoms with Gasteiger partial charge in [-0.3, -0.25) is 9.13 Å². The van der Waals surface area contributed by atoms with Crippen molar-refractivity contribution in [3.05, 3.63) is 252 Å². The fourth-order valence-corrected chi connectivity index (χ4v) is 10.7. The van der Waals surface area contributed by atoms with Crippen LogP contribution in [0, 0.1) is 0 Å². The van der Waals surface area contributed by atoms with Gasteiger partial charge in [-0.05, 0) is 127 Å². The highest BCUT2D eigenvalue weighted by Gasteiger charge is 2.35. The van der Waals surface area contributed by atoms with E-state index in [1.54, 1.807) is 0 Å². The van der Waals surface area contributed by atoms with Crippen LogP contribution in [-0.4, -0.2) is 19.1 Å². The maximum atomic E-state index is 4.68. The highest BCUT2D eigenvalue weighted by Crippen LogP contribution is 2.49. The number of para-hydroxylation sites is 2. The first kappa shape index (κ1) is 40.4. The third-order valence-electron chi connectivity index (χ3n) is 14.3. The van der Waals surface area contributed by atoms with Gasteiger partial charge in [0, 0.05) is 39.4 Å². The molecule has 0 fully saturated rings. The van der Waals surface area contributed by atoms with E-state index in [0.29, 0.717) is 0 Å². The smallest absolute Gasteiger partial charge is 0.137 e. The Morgan fingerprint density at radius 2 is 0.710 bits per heavy atom. The minimum Gasteiger partial charge on any atom is -0.294 e. The molecule has 0 N–H and O–H groups in total. The standard InChI is InChI=1S/C65H46N4/c1-65(2)57-39-45(19-17-43-21-27-47(28-22-43)49-31-35-61-55(41-49)53-11-3-5-13-59(53)68(61)63-15-7-9-37-66-63)25-33-51(57)52-34-26-46(40-58(52)65)20-18-44-23-29-48(30-24-44)50-32-36-62-56(42-50)54-12-4-6-14-60(54)69(62)64-16-8-10-38-67-64/h3-42H,1-2H3. The molecule has 4 heterocycles. The van der Waals surface area contributed by atoms with Crippen LogP contribution in [0.5, 0.6) is 0 Å². The Morgan fingerprint density at radius 3 is 1.14 bits per heavy atom. The molecule has 69 heavy (non-hydrogen) atoms. The zero-order valence-electron chi connectivity index (χ0n) is 38.4. The molecule has 1 aliphatic carbocycles. The number of rotatable bonds is 8. The van der Waals surface area contributed by atoms with Crippen LogP contribution in [0.15, 0.2) is 219 Å². The largest absolute Gasteiger partial charge is 0.294 e. The van der Waals surface area contributed by atoms with Crippen LogP contribution in [0.25, 0.3) is 113 Å². The van der Waals surface area contributed by atoms with Gasteiger partial charge in [0.15, 0.2) is 0 Å². The molecular weight excluding hydrogens is 837 g/mol. The first-order valence-corrected chi connectivity index (χ1v) is 23.7. The molecule has 326 valence electrons. The summed E-state index contributed by atoms with van der Waals surface area (Å²) in [4.78, 5) is 9.36. The number of hydrogen-bond donors (Lipinski definition) is 0. The second-order valence-corrected chi connectivity index (χ2v) is 18.7. The molecule has 0 unspecified atom stereocenters. The van der Waals surface area contributed by atoms with Crippen molar-refractivity contribution in [2.45, 2.75) is 19.3 Å². The molecular formula is C65H46N4. The summed E-state index contributed by atoms with van der Waals surface area (Å²) < 4.78 is 4.51. The Labute approximate surface area is 401 Å². The van der Waals surface area contributed by atoms with Gasteiger partial charge in [-0.25, -0.2) is 9.97 Å². The minimum absolute atomic E-state index is 0.127. The van der Waals surface area contributed by atoms with Crippen molar-refractivity contribution >= 4 is 67.9 Å². The van der Waals surface area contributed by atoms with E-state index >= 15 is 0 Å². The summed E-state index contributed by atoms with van der Waals surface area (Å²) in [5.41, 5.74) is 19.4. The van der Waals surface area contributed by atoms with E-state index in [1.165, 1.54) is 88.3 Å². The van der Waals surface area contributed by atoms with Gasteiger partial charge in [0.1, 0.15) is 11.6 Å². The summed E-state index contributed by atoms with van der Waals surface area (Å²) in [5, 5.41) is 4.90. The normalized spacial score (nSPS) is 13.1. The molecule has 0 bridgehead atoms. The zero-order valence-corrected chi connectivity index (χ0v) is 38.4. The Balaban J connectivity index is 0.712. The molecule has 4 aromatic heterocycles. The summed E-state index contributed by atoms with van der Waals surface area (Å²) in [7, 11) is 0. The predicted octanol–water partition coefficient (Wildman–Crippen LogP) is 16.7. The number of nitrogens with zero attached hydrogens (tertiary/aromatic N) is 4. The molecule has 0 saturated heterocycles. The molecule has 1 aliphatic rings. The molecule has 0 aliphatic heterocycles. The third-order valence-corrected chi connectivity index (χ3v) is 14.3. The van der Waals surface area contributed by atoms with Crippen LogP contribution < -0.4 is 0 Å². The number of benzene rings is 8. The number of fused-ring (bicyclic) bond motifs is 9. The number of hydrogen-bond acceptors (Lipinski definition) is 2. The van der Waals surface area contributed by atoms with Crippen LogP contribution >= 0.6 is 0 Å². The van der Waals surface area contributed by atoms with Gasteiger partial charge in [0.2, 0.25) is 0 Å². The molecule has 0 radical (unpaired) electrons. The molecule has 12 aromatic rings. The highest BCUT2D eigenvalue weighted by atomic mass is 15.1. The van der Waals surface area contributed by atoms with Crippen LogP contribution in [0.2, 0.25) is 0 Å². The summed E-state index contributed by atoms with van der Waals surface area (Å²) in [6, 6.07) is 74.5. The van der Waals surface area contributed by atoms with E-state index in [1.807, 2.05) is 36.7 Å². The monoisotopic (exact) mass is 882 g/mol. The molecule has 0 spiro atoms. The maximum absolute atomic E-state index is 4.68. The fourth-order valence-electron chi connectivity index (χ4n) is 10.7. The van der Waals surface area contributed by atoms with Crippen molar-refractivity contribution in [2.24, 2.45) is 0 Å². The molecule has 4 nitrogen and oxygen atoms in total. The zero-order chi connectivity index (χ0) is 46.1. The summed E-state index contributed by atoms with van der Waals surface area (Å²) in [6.45, 7) is 4.72. The van der Waals surface area contributed by atoms with Crippen molar-refractivity contribution in [3.63, 3.8) is 0 Å². The summed E-state index contributed by atoms with van der Waals surface area (Å²) in [6.07, 6.45) is 12.6. The number of pyridine rings is 2. The van der Waals surface area contributed by atoms with E-state index in [-0.39, 0.29) is 5.41 Å². The molecule has 4 heteroatoms. The fraction of sp³-hybridized carbons (Fsp3) is 0.0462. The lowest BCUT2D eigenvalue weighted by Crippen LogP contribution is -2.15. The van der Waals surface area contributed by atoms with Crippen molar-refractivity contribution in [1.29, 1.82) is 0 Å². The molecule has 13 rings (SSSR count). The first-order valence-electron chi connectivity index (χ1n) is 23.7. The van der Waals surface area contributed by atoms with Gasteiger partial charge < -0.3 is 0 Å². The Morgan fingerprint density at radius 1 is 0.333 bits per heavy atom. The van der Waals surface area contributed by atoms with Gasteiger partial charge in [0.25, 0.3) is 0 Å². The van der Waals surface area contributed by atoms with E-state index in [9.17, 15) is 0 Å². The van der Waals surface area contributed by atoms with Gasteiger partial charge in [0.05, 0.1) is 22.1 Å². The maximum Gasteiger partial charge on any atom is 0.137 e. The lowest BCUT2D eigenvalue weighted by Gasteiger charge is -2.22. The van der Waals surface area contributed by atoms with Crippen LogP contribution in [0.1, 0.15) is 47.2 Å². The van der Waals surface area contributed by atoms with Gasteiger partial charge in [-0.15, -0.1) is 0 Å². The molecule has 0 amide bonds. The summed E-state index contributed by atoms with van der Waals surface area (Å²) in [5.74, 6) is 1.85. The second kappa shape index (κ2) is 16.2. The number of aromatic nitrogens is 4. The molecule has 0 saturated carbocycles. The highest BCUT2D eigenvalue weighted by molar-refractivity contribution is 6.11. The average Bonchev–Trinajstić information content (AvgIpc) is 4.00. The predicted molar refractivity (Wildman–Crippen MR) is 290 cm³/mol. The van der Waals surface area contributed by atoms with Crippen molar-refractivity contribution in [2.75, 3.05) is 0 Å². The topological polar surface area (TPSA) is 35.6 Å². The average molecular weight is 883 g/mol. The lowest BCUT2D eigenvalue weighted by atomic mass is 9.81. The Kier molecular flexibility index (Phi) is 9.48. The van der Waals surface area contributed by atoms with E-state index in [0.717, 1.165) is 33.7 Å². The lowest BCUT2D eigenvalue weighted by molar-refractivity contribution is 0.660. The second-order valence-electron chi connectivity index (χ2n) is 18.7. The molecule has 0 atom stereocenters.